The van der Waals surface area contributed by atoms with E-state index in [1.165, 1.54) is 16.7 Å². The van der Waals surface area contributed by atoms with E-state index in [1.807, 2.05) is 30.3 Å². The standard InChI is InChI=1S/C14H10BrNOS2/c15-13-6-5-12(19-13)11(17)8-18-14-7-9-3-1-2-4-10(9)16-14/h1-7,16H,8H2. The Bertz CT molecular complexity index is 699. The second-order valence-corrected chi connectivity index (χ2v) is 7.52. The maximum Gasteiger partial charge on any atom is 0.183 e. The maximum atomic E-state index is 12.0. The van der Waals surface area contributed by atoms with Gasteiger partial charge in [-0.15, -0.1) is 23.1 Å². The van der Waals surface area contributed by atoms with E-state index in [0.29, 0.717) is 5.75 Å². The number of H-pyrrole nitrogens is 1. The zero-order valence-corrected chi connectivity index (χ0v) is 13.1. The van der Waals surface area contributed by atoms with E-state index in [1.54, 1.807) is 11.8 Å². The molecule has 0 amide bonds. The number of fused-ring (bicyclic) bond motifs is 1. The third kappa shape index (κ3) is 2.94. The molecule has 0 bridgehead atoms. The Hall–Kier alpha value is -1.04. The highest BCUT2D eigenvalue weighted by atomic mass is 79.9. The Morgan fingerprint density at radius 2 is 2.11 bits per heavy atom. The molecule has 2 nitrogen and oxygen atoms in total. The van der Waals surface area contributed by atoms with Gasteiger partial charge in [-0.05, 0) is 40.2 Å². The Labute approximate surface area is 127 Å². The van der Waals surface area contributed by atoms with Crippen LogP contribution in [0, 0.1) is 0 Å². The minimum atomic E-state index is 0.166. The van der Waals surface area contributed by atoms with Crippen molar-refractivity contribution in [3.63, 3.8) is 0 Å². The number of carbonyl (C=O) groups excluding carboxylic acids is 1. The van der Waals surface area contributed by atoms with Crippen LogP contribution >= 0.6 is 39.0 Å². The van der Waals surface area contributed by atoms with Crippen LogP contribution in [0.25, 0.3) is 10.9 Å². The minimum Gasteiger partial charge on any atom is -0.350 e. The number of rotatable bonds is 4. The molecule has 2 aromatic heterocycles. The molecule has 0 unspecified atom stereocenters. The summed E-state index contributed by atoms with van der Waals surface area (Å²) < 4.78 is 0.992. The number of halogens is 1. The zero-order valence-electron chi connectivity index (χ0n) is 9.85. The maximum absolute atomic E-state index is 12.0. The molecule has 1 N–H and O–H groups in total. The van der Waals surface area contributed by atoms with E-state index in [0.717, 1.165) is 19.2 Å². The first-order chi connectivity index (χ1) is 9.22. The van der Waals surface area contributed by atoms with Crippen LogP contribution in [-0.2, 0) is 0 Å². The van der Waals surface area contributed by atoms with Gasteiger partial charge in [0.1, 0.15) is 0 Å². The predicted octanol–water partition coefficient (Wildman–Crippen LogP) is 4.97. The van der Waals surface area contributed by atoms with Gasteiger partial charge in [0.15, 0.2) is 5.78 Å². The lowest BCUT2D eigenvalue weighted by atomic mass is 10.3. The number of hydrogen-bond donors (Lipinski definition) is 1. The molecule has 5 heteroatoms. The van der Waals surface area contributed by atoms with Crippen molar-refractivity contribution in [3.05, 3.63) is 51.1 Å². The summed E-state index contributed by atoms with van der Waals surface area (Å²) in [4.78, 5) is 16.1. The fourth-order valence-corrected chi connectivity index (χ4v) is 4.05. The predicted molar refractivity (Wildman–Crippen MR) is 85.4 cm³/mol. The van der Waals surface area contributed by atoms with E-state index in [-0.39, 0.29) is 5.78 Å². The van der Waals surface area contributed by atoms with Gasteiger partial charge in [0, 0.05) is 10.9 Å². The molecule has 3 aromatic rings. The van der Waals surface area contributed by atoms with E-state index < -0.39 is 0 Å². The molecule has 0 aliphatic carbocycles. The summed E-state index contributed by atoms with van der Waals surface area (Å²) >= 11 is 6.40. The minimum absolute atomic E-state index is 0.166. The van der Waals surface area contributed by atoms with Crippen LogP contribution in [0.1, 0.15) is 9.67 Å². The van der Waals surface area contributed by atoms with E-state index in [9.17, 15) is 4.79 Å². The third-order valence-electron chi connectivity index (χ3n) is 2.71. The highest BCUT2D eigenvalue weighted by Crippen LogP contribution is 2.26. The number of hydrogen-bond acceptors (Lipinski definition) is 3. The Morgan fingerprint density at radius 1 is 1.26 bits per heavy atom. The number of para-hydroxylation sites is 1. The van der Waals surface area contributed by atoms with Crippen LogP contribution in [0.5, 0.6) is 0 Å². The number of carbonyl (C=O) groups is 1. The molecule has 0 radical (unpaired) electrons. The molecule has 0 spiro atoms. The van der Waals surface area contributed by atoms with Gasteiger partial charge in [-0.2, -0.15) is 0 Å². The molecule has 19 heavy (non-hydrogen) atoms. The highest BCUT2D eigenvalue weighted by molar-refractivity contribution is 9.11. The first-order valence-electron chi connectivity index (χ1n) is 5.71. The molecular weight excluding hydrogens is 342 g/mol. The number of Topliss-reactive ketones (excluding diaryl/α,β-unsaturated/α-hetero) is 1. The molecule has 3 rings (SSSR count). The van der Waals surface area contributed by atoms with Crippen LogP contribution in [0.4, 0.5) is 0 Å². The second-order valence-electron chi connectivity index (χ2n) is 4.04. The third-order valence-corrected chi connectivity index (χ3v) is 5.31. The molecule has 2 heterocycles. The molecule has 96 valence electrons. The molecule has 1 aromatic carbocycles. The van der Waals surface area contributed by atoms with Gasteiger partial charge < -0.3 is 4.98 Å². The lowest BCUT2D eigenvalue weighted by Gasteiger charge is -1.96. The first kappa shape index (κ1) is 13.0. The zero-order chi connectivity index (χ0) is 13.2. The van der Waals surface area contributed by atoms with Gasteiger partial charge in [-0.1, -0.05) is 18.2 Å². The van der Waals surface area contributed by atoms with Crippen molar-refractivity contribution in [2.24, 2.45) is 0 Å². The summed E-state index contributed by atoms with van der Waals surface area (Å²) in [7, 11) is 0. The number of aromatic amines is 1. The monoisotopic (exact) mass is 351 g/mol. The van der Waals surface area contributed by atoms with Crippen molar-refractivity contribution in [3.8, 4) is 0 Å². The lowest BCUT2D eigenvalue weighted by molar-refractivity contribution is 0.102. The number of thiophene rings is 1. The molecule has 0 saturated heterocycles. The molecule has 0 aliphatic rings. The summed E-state index contributed by atoms with van der Waals surface area (Å²) in [6, 6.07) is 14.0. The summed E-state index contributed by atoms with van der Waals surface area (Å²) in [5.41, 5.74) is 1.11. The van der Waals surface area contributed by atoms with Crippen molar-refractivity contribution < 1.29 is 4.79 Å². The van der Waals surface area contributed by atoms with Crippen LogP contribution < -0.4 is 0 Å². The Balaban J connectivity index is 1.70. The normalized spacial score (nSPS) is 11.0. The fourth-order valence-electron chi connectivity index (χ4n) is 1.80. The average molecular weight is 352 g/mol. The van der Waals surface area contributed by atoms with Gasteiger partial charge in [0.2, 0.25) is 0 Å². The van der Waals surface area contributed by atoms with Crippen LogP contribution in [0.15, 0.2) is 51.3 Å². The van der Waals surface area contributed by atoms with Gasteiger partial charge >= 0.3 is 0 Å². The van der Waals surface area contributed by atoms with Crippen molar-refractivity contribution in [2.75, 3.05) is 5.75 Å². The molecule has 0 atom stereocenters. The van der Waals surface area contributed by atoms with Gasteiger partial charge in [-0.25, -0.2) is 0 Å². The van der Waals surface area contributed by atoms with Crippen LogP contribution in [0.2, 0.25) is 0 Å². The SMILES string of the molecule is O=C(CSc1cc2ccccc2[nH]1)c1ccc(Br)s1. The molecule has 0 saturated carbocycles. The van der Waals surface area contributed by atoms with Gasteiger partial charge in [-0.3, -0.25) is 4.79 Å². The van der Waals surface area contributed by atoms with E-state index in [2.05, 4.69) is 33.0 Å². The topological polar surface area (TPSA) is 32.9 Å². The quantitative estimate of drug-likeness (QED) is 0.531. The summed E-state index contributed by atoms with van der Waals surface area (Å²) in [5.74, 6) is 0.624. The summed E-state index contributed by atoms with van der Waals surface area (Å²) in [5, 5.41) is 2.21. The summed E-state index contributed by atoms with van der Waals surface area (Å²) in [6.07, 6.45) is 0. The second kappa shape index (κ2) is 5.53. The fraction of sp³-hybridized carbons (Fsp3) is 0.0714. The average Bonchev–Trinajstić information content (AvgIpc) is 3.01. The van der Waals surface area contributed by atoms with Crippen molar-refractivity contribution >= 4 is 55.7 Å². The number of ketones is 1. The van der Waals surface area contributed by atoms with Gasteiger partial charge in [0.05, 0.1) is 19.4 Å². The first-order valence-corrected chi connectivity index (χ1v) is 8.31. The number of benzene rings is 1. The largest absolute Gasteiger partial charge is 0.350 e. The number of aromatic nitrogens is 1. The smallest absolute Gasteiger partial charge is 0.183 e. The summed E-state index contributed by atoms with van der Waals surface area (Å²) in [6.45, 7) is 0. The van der Waals surface area contributed by atoms with Crippen molar-refractivity contribution in [2.45, 2.75) is 5.03 Å². The lowest BCUT2D eigenvalue weighted by Crippen LogP contribution is -1.98. The van der Waals surface area contributed by atoms with Crippen LogP contribution in [0.3, 0.4) is 0 Å². The van der Waals surface area contributed by atoms with Crippen molar-refractivity contribution in [1.82, 2.24) is 4.98 Å². The molecule has 0 fully saturated rings. The number of thioether (sulfide) groups is 1. The van der Waals surface area contributed by atoms with Gasteiger partial charge in [0.25, 0.3) is 0 Å². The Morgan fingerprint density at radius 3 is 2.84 bits per heavy atom. The molecule has 0 aliphatic heterocycles. The van der Waals surface area contributed by atoms with E-state index >= 15 is 0 Å². The highest BCUT2D eigenvalue weighted by Gasteiger charge is 2.10. The van der Waals surface area contributed by atoms with E-state index in [4.69, 9.17) is 0 Å². The Kier molecular flexibility index (Phi) is 3.77. The van der Waals surface area contributed by atoms with Crippen LogP contribution in [-0.4, -0.2) is 16.5 Å². The van der Waals surface area contributed by atoms with Crippen molar-refractivity contribution in [1.29, 1.82) is 0 Å². The number of nitrogens with one attached hydrogen (secondary N) is 1. The molecular formula is C14H10BrNOS2.